The van der Waals surface area contributed by atoms with E-state index in [0.717, 1.165) is 24.8 Å². The molecule has 1 fully saturated rings. The second-order valence-electron chi connectivity index (χ2n) is 7.34. The summed E-state index contributed by atoms with van der Waals surface area (Å²) in [5, 5.41) is 2.73. The van der Waals surface area contributed by atoms with Crippen molar-refractivity contribution in [3.8, 4) is 0 Å². The number of piperidine rings is 1. The van der Waals surface area contributed by atoms with E-state index in [2.05, 4.69) is 5.32 Å². The molecule has 0 aliphatic carbocycles. The first-order valence-corrected chi connectivity index (χ1v) is 11.4. The average molecular weight is 431 g/mol. The predicted octanol–water partition coefficient (Wildman–Crippen LogP) is 3.35. The summed E-state index contributed by atoms with van der Waals surface area (Å²) in [5.41, 5.74) is 1.73. The van der Waals surface area contributed by atoms with Gasteiger partial charge in [-0.1, -0.05) is 24.6 Å². The third kappa shape index (κ3) is 5.06. The number of ether oxygens (including phenoxy) is 1. The van der Waals surface area contributed by atoms with Crippen LogP contribution in [-0.2, 0) is 19.6 Å². The maximum Gasteiger partial charge on any atom is 0.338 e. The molecule has 1 heterocycles. The number of amides is 1. The lowest BCUT2D eigenvalue weighted by atomic mass is 10.2. The summed E-state index contributed by atoms with van der Waals surface area (Å²) in [6, 6.07) is 12.9. The number of anilines is 1. The number of sulfonamides is 1. The molecule has 30 heavy (non-hydrogen) atoms. The molecule has 0 bridgehead atoms. The highest BCUT2D eigenvalue weighted by molar-refractivity contribution is 7.89. The minimum Gasteiger partial charge on any atom is -0.449 e. The van der Waals surface area contributed by atoms with Gasteiger partial charge < -0.3 is 10.1 Å². The van der Waals surface area contributed by atoms with Gasteiger partial charge in [0.1, 0.15) is 0 Å². The fraction of sp³-hybridized carbons (Fsp3) is 0.364. The third-order valence-electron chi connectivity index (χ3n) is 5.10. The van der Waals surface area contributed by atoms with Crippen molar-refractivity contribution < 1.29 is 22.7 Å². The molecule has 7 nitrogen and oxygen atoms in total. The number of para-hydroxylation sites is 1. The van der Waals surface area contributed by atoms with Gasteiger partial charge >= 0.3 is 5.97 Å². The zero-order chi connectivity index (χ0) is 21.7. The van der Waals surface area contributed by atoms with Crippen LogP contribution in [0.25, 0.3) is 0 Å². The van der Waals surface area contributed by atoms with E-state index in [1.54, 1.807) is 12.1 Å². The Morgan fingerprint density at radius 2 is 1.63 bits per heavy atom. The van der Waals surface area contributed by atoms with Crippen LogP contribution in [0.1, 0.15) is 42.1 Å². The minimum atomic E-state index is -3.56. The van der Waals surface area contributed by atoms with Gasteiger partial charge in [0.05, 0.1) is 10.5 Å². The first kappa shape index (κ1) is 22.0. The molecular weight excluding hydrogens is 404 g/mol. The summed E-state index contributed by atoms with van der Waals surface area (Å²) in [7, 11) is -3.56. The van der Waals surface area contributed by atoms with E-state index in [9.17, 15) is 18.0 Å². The largest absolute Gasteiger partial charge is 0.449 e. The van der Waals surface area contributed by atoms with Gasteiger partial charge in [-0.2, -0.15) is 4.31 Å². The smallest absolute Gasteiger partial charge is 0.338 e. The van der Waals surface area contributed by atoms with Gasteiger partial charge in [0.15, 0.2) is 6.10 Å². The molecule has 1 amide bonds. The van der Waals surface area contributed by atoms with Gasteiger partial charge in [-0.25, -0.2) is 13.2 Å². The molecule has 1 saturated heterocycles. The Hall–Kier alpha value is -2.71. The standard InChI is InChI=1S/C22H26N2O5S/c1-16-8-4-5-9-20(16)23-21(25)17(2)29-22(26)18-10-12-19(13-11-18)30(27,28)24-14-6-3-7-15-24/h4-5,8-13,17H,3,6-7,14-15H2,1-2H3,(H,23,25)/t17-/m0/s1. The van der Waals surface area contributed by atoms with Crippen molar-refractivity contribution in [3.05, 3.63) is 59.7 Å². The first-order valence-electron chi connectivity index (χ1n) is 9.97. The molecule has 1 atom stereocenters. The van der Waals surface area contributed by atoms with E-state index < -0.39 is 28.0 Å². The van der Waals surface area contributed by atoms with Gasteiger partial charge in [-0.3, -0.25) is 4.79 Å². The fourth-order valence-corrected chi connectivity index (χ4v) is 4.76. The summed E-state index contributed by atoms with van der Waals surface area (Å²) in [6.07, 6.45) is 1.73. The zero-order valence-electron chi connectivity index (χ0n) is 17.1. The van der Waals surface area contributed by atoms with Crippen LogP contribution in [0.4, 0.5) is 5.69 Å². The summed E-state index contributed by atoms with van der Waals surface area (Å²) in [4.78, 5) is 24.8. The molecule has 0 unspecified atom stereocenters. The minimum absolute atomic E-state index is 0.145. The van der Waals surface area contributed by atoms with Gasteiger partial charge in [-0.05, 0) is 62.6 Å². The average Bonchev–Trinajstić information content (AvgIpc) is 2.76. The highest BCUT2D eigenvalue weighted by Gasteiger charge is 2.26. The van der Waals surface area contributed by atoms with Crippen LogP contribution in [0.3, 0.4) is 0 Å². The lowest BCUT2D eigenvalue weighted by Crippen LogP contribution is -2.35. The molecule has 1 aliphatic rings. The highest BCUT2D eigenvalue weighted by atomic mass is 32.2. The van der Waals surface area contributed by atoms with E-state index in [1.807, 2.05) is 19.1 Å². The first-order chi connectivity index (χ1) is 14.3. The Kier molecular flexibility index (Phi) is 6.89. The molecule has 160 valence electrons. The van der Waals surface area contributed by atoms with Gasteiger partial charge in [0, 0.05) is 18.8 Å². The Morgan fingerprint density at radius 1 is 1.00 bits per heavy atom. The fourth-order valence-electron chi connectivity index (χ4n) is 3.25. The van der Waals surface area contributed by atoms with E-state index in [1.165, 1.54) is 35.5 Å². The molecule has 2 aromatic rings. The number of hydrogen-bond acceptors (Lipinski definition) is 5. The molecule has 0 spiro atoms. The second kappa shape index (κ2) is 9.40. The number of nitrogens with zero attached hydrogens (tertiary/aromatic N) is 1. The SMILES string of the molecule is Cc1ccccc1NC(=O)[C@H](C)OC(=O)c1ccc(S(=O)(=O)N2CCCCC2)cc1. The number of aryl methyl sites for hydroxylation is 1. The Labute approximate surface area is 177 Å². The van der Waals surface area contributed by atoms with Crippen LogP contribution in [0.15, 0.2) is 53.4 Å². The number of rotatable bonds is 6. The Balaban J connectivity index is 1.62. The third-order valence-corrected chi connectivity index (χ3v) is 7.01. The number of carbonyl (C=O) groups is 2. The molecule has 1 aliphatic heterocycles. The van der Waals surface area contributed by atoms with Crippen molar-refractivity contribution in [2.24, 2.45) is 0 Å². The maximum atomic E-state index is 12.7. The van der Waals surface area contributed by atoms with Crippen LogP contribution in [-0.4, -0.2) is 43.8 Å². The Morgan fingerprint density at radius 3 is 2.27 bits per heavy atom. The summed E-state index contributed by atoms with van der Waals surface area (Å²) < 4.78 is 32.1. The molecular formula is C22H26N2O5S. The molecule has 2 aromatic carbocycles. The number of esters is 1. The monoisotopic (exact) mass is 430 g/mol. The Bertz CT molecular complexity index is 1010. The zero-order valence-corrected chi connectivity index (χ0v) is 17.9. The van der Waals surface area contributed by atoms with E-state index in [4.69, 9.17) is 4.74 Å². The van der Waals surface area contributed by atoms with Crippen molar-refractivity contribution >= 4 is 27.6 Å². The van der Waals surface area contributed by atoms with Crippen molar-refractivity contribution in [2.45, 2.75) is 44.1 Å². The number of nitrogens with one attached hydrogen (secondary N) is 1. The molecule has 3 rings (SSSR count). The lowest BCUT2D eigenvalue weighted by Gasteiger charge is -2.25. The summed E-state index contributed by atoms with van der Waals surface area (Å²) in [5.74, 6) is -1.13. The quantitative estimate of drug-likeness (QED) is 0.710. The number of carbonyl (C=O) groups excluding carboxylic acids is 2. The topological polar surface area (TPSA) is 92.8 Å². The van der Waals surface area contributed by atoms with Gasteiger partial charge in [0.25, 0.3) is 5.91 Å². The van der Waals surface area contributed by atoms with E-state index >= 15 is 0 Å². The van der Waals surface area contributed by atoms with Crippen molar-refractivity contribution in [1.82, 2.24) is 4.31 Å². The molecule has 8 heteroatoms. The number of hydrogen-bond donors (Lipinski definition) is 1. The van der Waals surface area contributed by atoms with Crippen LogP contribution < -0.4 is 5.32 Å². The molecule has 1 N–H and O–H groups in total. The van der Waals surface area contributed by atoms with E-state index in [-0.39, 0.29) is 10.5 Å². The van der Waals surface area contributed by atoms with Crippen LogP contribution in [0.5, 0.6) is 0 Å². The lowest BCUT2D eigenvalue weighted by molar-refractivity contribution is -0.123. The predicted molar refractivity (Wildman–Crippen MR) is 114 cm³/mol. The summed E-state index contributed by atoms with van der Waals surface area (Å²) in [6.45, 7) is 4.38. The van der Waals surface area contributed by atoms with Crippen molar-refractivity contribution in [2.75, 3.05) is 18.4 Å². The van der Waals surface area contributed by atoms with Crippen LogP contribution in [0, 0.1) is 6.92 Å². The van der Waals surface area contributed by atoms with E-state index in [0.29, 0.717) is 18.8 Å². The normalized spacial score (nSPS) is 15.9. The highest BCUT2D eigenvalue weighted by Crippen LogP contribution is 2.21. The van der Waals surface area contributed by atoms with Crippen molar-refractivity contribution in [3.63, 3.8) is 0 Å². The maximum absolute atomic E-state index is 12.7. The van der Waals surface area contributed by atoms with Gasteiger partial charge in [0.2, 0.25) is 10.0 Å². The molecule has 0 aromatic heterocycles. The van der Waals surface area contributed by atoms with Crippen LogP contribution >= 0.6 is 0 Å². The summed E-state index contributed by atoms with van der Waals surface area (Å²) >= 11 is 0. The van der Waals surface area contributed by atoms with Crippen molar-refractivity contribution in [1.29, 1.82) is 0 Å². The van der Waals surface area contributed by atoms with Gasteiger partial charge in [-0.15, -0.1) is 0 Å². The molecule has 0 saturated carbocycles. The number of benzene rings is 2. The molecule has 0 radical (unpaired) electrons. The van der Waals surface area contributed by atoms with Crippen LogP contribution in [0.2, 0.25) is 0 Å². The second-order valence-corrected chi connectivity index (χ2v) is 9.28.